The maximum absolute atomic E-state index is 11.9. The molecule has 106 valence electrons. The third-order valence-electron chi connectivity index (χ3n) is 2.78. The van der Waals surface area contributed by atoms with E-state index in [2.05, 4.69) is 15.4 Å². The third kappa shape index (κ3) is 2.69. The molecule has 0 aliphatic rings. The summed E-state index contributed by atoms with van der Waals surface area (Å²) in [6.07, 6.45) is 4.40. The largest absolute Gasteiger partial charge is 0.479 e. The number of carboxylic acids is 1. The molecule has 1 amide bonds. The molecule has 0 aliphatic heterocycles. The summed E-state index contributed by atoms with van der Waals surface area (Å²) in [5.41, 5.74) is -0.736. The topological polar surface area (TPSA) is 97.1 Å². The van der Waals surface area contributed by atoms with Gasteiger partial charge in [0.25, 0.3) is 5.91 Å². The van der Waals surface area contributed by atoms with Gasteiger partial charge in [-0.15, -0.1) is 11.3 Å². The number of aryl methyl sites for hydroxylation is 1. The lowest BCUT2D eigenvalue weighted by Gasteiger charge is -2.19. The molecule has 0 fully saturated rings. The molecule has 0 unspecified atom stereocenters. The number of thiazole rings is 1. The SMILES string of the molecule is Cc1ncc(C(=O)Nc2cnn(C(C)(C)C(=O)O)c2)s1. The Hall–Kier alpha value is -2.22. The van der Waals surface area contributed by atoms with E-state index >= 15 is 0 Å². The summed E-state index contributed by atoms with van der Waals surface area (Å²) in [6, 6.07) is 0. The molecule has 2 N–H and O–H groups in total. The molecular weight excluding hydrogens is 280 g/mol. The standard InChI is InChI=1S/C12H14N4O3S/c1-7-13-5-9(20-7)10(17)15-8-4-14-16(6-8)12(2,3)11(18)19/h4-6H,1-3H3,(H,15,17)(H,18,19). The number of nitrogens with one attached hydrogen (secondary N) is 1. The average Bonchev–Trinajstić information content (AvgIpc) is 2.98. The Morgan fingerprint density at radius 1 is 1.40 bits per heavy atom. The van der Waals surface area contributed by atoms with Gasteiger partial charge < -0.3 is 10.4 Å². The summed E-state index contributed by atoms with van der Waals surface area (Å²) < 4.78 is 1.29. The van der Waals surface area contributed by atoms with Crippen molar-refractivity contribution in [2.24, 2.45) is 0 Å². The van der Waals surface area contributed by atoms with Crippen LogP contribution in [0.4, 0.5) is 5.69 Å². The number of hydrogen-bond acceptors (Lipinski definition) is 5. The molecule has 0 atom stereocenters. The van der Waals surface area contributed by atoms with E-state index in [9.17, 15) is 9.59 Å². The number of anilines is 1. The molecule has 2 heterocycles. The fourth-order valence-electron chi connectivity index (χ4n) is 1.45. The zero-order valence-electron chi connectivity index (χ0n) is 11.2. The lowest BCUT2D eigenvalue weighted by Crippen LogP contribution is -2.35. The van der Waals surface area contributed by atoms with Crippen LogP contribution in [0.15, 0.2) is 18.6 Å². The summed E-state index contributed by atoms with van der Waals surface area (Å²) in [6.45, 7) is 4.87. The minimum atomic E-state index is -1.18. The number of carbonyl (C=O) groups excluding carboxylic acids is 1. The van der Waals surface area contributed by atoms with Crippen LogP contribution in [0, 0.1) is 6.92 Å². The number of carbonyl (C=O) groups is 2. The quantitative estimate of drug-likeness (QED) is 0.894. The van der Waals surface area contributed by atoms with Crippen LogP contribution >= 0.6 is 11.3 Å². The van der Waals surface area contributed by atoms with Crippen molar-refractivity contribution in [3.8, 4) is 0 Å². The highest BCUT2D eigenvalue weighted by molar-refractivity contribution is 7.13. The molecule has 2 aromatic rings. The second kappa shape index (κ2) is 5.04. The van der Waals surface area contributed by atoms with Gasteiger partial charge in [0.2, 0.25) is 0 Å². The van der Waals surface area contributed by atoms with Gasteiger partial charge in [-0.2, -0.15) is 5.10 Å². The smallest absolute Gasteiger partial charge is 0.331 e. The summed E-state index contributed by atoms with van der Waals surface area (Å²) in [7, 11) is 0. The molecule has 0 saturated carbocycles. The predicted octanol–water partition coefficient (Wildman–Crippen LogP) is 1.72. The fraction of sp³-hybridized carbons (Fsp3) is 0.333. The first kappa shape index (κ1) is 14.2. The van der Waals surface area contributed by atoms with Crippen LogP contribution in [0.1, 0.15) is 28.5 Å². The van der Waals surface area contributed by atoms with Crippen LogP contribution in [0.5, 0.6) is 0 Å². The fourth-order valence-corrected chi connectivity index (χ4v) is 2.12. The Kier molecular flexibility index (Phi) is 3.58. The van der Waals surface area contributed by atoms with Crippen molar-refractivity contribution in [3.05, 3.63) is 28.5 Å². The number of amides is 1. The highest BCUT2D eigenvalue weighted by Crippen LogP contribution is 2.19. The highest BCUT2D eigenvalue weighted by Gasteiger charge is 2.30. The Balaban J connectivity index is 2.14. The van der Waals surface area contributed by atoms with Gasteiger partial charge in [-0.25, -0.2) is 9.78 Å². The monoisotopic (exact) mass is 294 g/mol. The Bertz CT molecular complexity index is 659. The Morgan fingerprint density at radius 2 is 2.10 bits per heavy atom. The molecule has 0 bridgehead atoms. The minimum absolute atomic E-state index is 0.289. The van der Waals surface area contributed by atoms with Crippen molar-refractivity contribution in [2.45, 2.75) is 26.3 Å². The van der Waals surface area contributed by atoms with Gasteiger partial charge in [-0.05, 0) is 20.8 Å². The summed E-state index contributed by atoms with van der Waals surface area (Å²) >= 11 is 1.29. The van der Waals surface area contributed by atoms with Gasteiger partial charge in [0, 0.05) is 6.20 Å². The molecular formula is C12H14N4O3S. The minimum Gasteiger partial charge on any atom is -0.479 e. The average molecular weight is 294 g/mol. The number of aromatic nitrogens is 3. The molecule has 8 heteroatoms. The van der Waals surface area contributed by atoms with E-state index in [0.717, 1.165) is 5.01 Å². The lowest BCUT2D eigenvalue weighted by atomic mass is 10.1. The van der Waals surface area contributed by atoms with Gasteiger partial charge >= 0.3 is 5.97 Å². The van der Waals surface area contributed by atoms with E-state index in [-0.39, 0.29) is 5.91 Å². The summed E-state index contributed by atoms with van der Waals surface area (Å²) in [5.74, 6) is -1.29. The van der Waals surface area contributed by atoms with Crippen LogP contribution in [0.2, 0.25) is 0 Å². The molecule has 0 spiro atoms. The zero-order valence-corrected chi connectivity index (χ0v) is 12.1. The number of nitrogens with zero attached hydrogens (tertiary/aromatic N) is 3. The van der Waals surface area contributed by atoms with Crippen molar-refractivity contribution >= 4 is 28.9 Å². The second-order valence-corrected chi connectivity index (χ2v) is 5.97. The molecule has 2 aromatic heterocycles. The molecule has 0 radical (unpaired) electrons. The van der Waals surface area contributed by atoms with Crippen LogP contribution in [0.25, 0.3) is 0 Å². The summed E-state index contributed by atoms with van der Waals surface area (Å²) in [4.78, 5) is 27.5. The predicted molar refractivity (Wildman–Crippen MR) is 74.0 cm³/mol. The van der Waals surface area contributed by atoms with Gasteiger partial charge in [0.15, 0.2) is 5.54 Å². The second-order valence-electron chi connectivity index (χ2n) is 4.74. The van der Waals surface area contributed by atoms with Crippen LogP contribution < -0.4 is 5.32 Å². The van der Waals surface area contributed by atoms with Crippen LogP contribution in [0.3, 0.4) is 0 Å². The van der Waals surface area contributed by atoms with Crippen molar-refractivity contribution in [1.82, 2.24) is 14.8 Å². The summed E-state index contributed by atoms with van der Waals surface area (Å²) in [5, 5.41) is 16.5. The van der Waals surface area contributed by atoms with Gasteiger partial charge in [0.05, 0.1) is 23.1 Å². The van der Waals surface area contributed by atoms with Gasteiger partial charge in [-0.1, -0.05) is 0 Å². The third-order valence-corrected chi connectivity index (χ3v) is 3.69. The highest BCUT2D eigenvalue weighted by atomic mass is 32.1. The van der Waals surface area contributed by atoms with E-state index in [1.165, 1.54) is 48.5 Å². The molecule has 0 saturated heterocycles. The van der Waals surface area contributed by atoms with E-state index in [0.29, 0.717) is 10.6 Å². The molecule has 2 rings (SSSR count). The number of rotatable bonds is 4. The zero-order chi connectivity index (χ0) is 14.9. The van der Waals surface area contributed by atoms with E-state index in [4.69, 9.17) is 5.11 Å². The first-order chi connectivity index (χ1) is 9.30. The first-order valence-electron chi connectivity index (χ1n) is 5.83. The molecule has 20 heavy (non-hydrogen) atoms. The van der Waals surface area contributed by atoms with Crippen molar-refractivity contribution in [1.29, 1.82) is 0 Å². The van der Waals surface area contributed by atoms with E-state index in [1.807, 2.05) is 6.92 Å². The maximum Gasteiger partial charge on any atom is 0.331 e. The molecule has 7 nitrogen and oxygen atoms in total. The van der Waals surface area contributed by atoms with E-state index in [1.54, 1.807) is 0 Å². The van der Waals surface area contributed by atoms with Crippen molar-refractivity contribution < 1.29 is 14.7 Å². The Labute approximate surface area is 119 Å². The van der Waals surface area contributed by atoms with Crippen molar-refractivity contribution in [2.75, 3.05) is 5.32 Å². The first-order valence-corrected chi connectivity index (χ1v) is 6.64. The lowest BCUT2D eigenvalue weighted by molar-refractivity contribution is -0.146. The van der Waals surface area contributed by atoms with Gasteiger partial charge in [0.1, 0.15) is 4.88 Å². The number of aliphatic carboxylic acids is 1. The van der Waals surface area contributed by atoms with Gasteiger partial charge in [-0.3, -0.25) is 9.48 Å². The number of hydrogen-bond donors (Lipinski definition) is 2. The molecule has 0 aromatic carbocycles. The number of carboxylic acid groups (broad SMARTS) is 1. The Morgan fingerprint density at radius 3 is 2.65 bits per heavy atom. The maximum atomic E-state index is 11.9. The van der Waals surface area contributed by atoms with Crippen LogP contribution in [-0.4, -0.2) is 31.7 Å². The molecule has 0 aliphatic carbocycles. The van der Waals surface area contributed by atoms with Crippen molar-refractivity contribution in [3.63, 3.8) is 0 Å². The van der Waals surface area contributed by atoms with Crippen LogP contribution in [-0.2, 0) is 10.3 Å². The van der Waals surface area contributed by atoms with E-state index < -0.39 is 11.5 Å². The normalized spacial score (nSPS) is 11.3.